The van der Waals surface area contributed by atoms with Crippen molar-refractivity contribution < 1.29 is 14.0 Å². The van der Waals surface area contributed by atoms with Gasteiger partial charge in [-0.05, 0) is 43.2 Å². The number of nitrogens with zero attached hydrogens (tertiary/aromatic N) is 2. The second-order valence-corrected chi connectivity index (χ2v) is 6.31. The number of hydrogen-bond donors (Lipinski definition) is 1. The summed E-state index contributed by atoms with van der Waals surface area (Å²) in [5.74, 6) is -1.19. The van der Waals surface area contributed by atoms with E-state index in [-0.39, 0.29) is 17.2 Å². The van der Waals surface area contributed by atoms with Gasteiger partial charge in [-0.15, -0.1) is 0 Å². The molecule has 0 aliphatic carbocycles. The van der Waals surface area contributed by atoms with E-state index in [1.165, 1.54) is 48.1 Å². The molecule has 0 aliphatic rings. The molecule has 7 heteroatoms. The number of carbonyl (C=O) groups excluding carboxylic acids is 2. The number of nitrogens with one attached hydrogen (secondary N) is 1. The van der Waals surface area contributed by atoms with Crippen molar-refractivity contribution >= 4 is 17.5 Å². The Bertz CT molecular complexity index is 869. The highest BCUT2D eigenvalue weighted by Gasteiger charge is 2.18. The Morgan fingerprint density at radius 2 is 1.67 bits per heavy atom. The summed E-state index contributed by atoms with van der Waals surface area (Å²) < 4.78 is 14.3. The summed E-state index contributed by atoms with van der Waals surface area (Å²) in [6.07, 6.45) is 3.12. The zero-order valence-corrected chi connectivity index (χ0v) is 15.8. The quantitative estimate of drug-likeness (QED) is 0.811. The van der Waals surface area contributed by atoms with E-state index in [4.69, 9.17) is 0 Å². The van der Waals surface area contributed by atoms with Crippen molar-refractivity contribution in [3.05, 3.63) is 63.8 Å². The van der Waals surface area contributed by atoms with Gasteiger partial charge in [-0.1, -0.05) is 13.8 Å². The SMILES string of the molecule is CCCN(CCC)C(=O)c1cc(NC(=O)c2ccc(F)cc2)c(=O)n(C)c1. The van der Waals surface area contributed by atoms with E-state index in [1.54, 1.807) is 4.90 Å². The summed E-state index contributed by atoms with van der Waals surface area (Å²) in [6, 6.07) is 6.38. The number of hydrogen-bond acceptors (Lipinski definition) is 3. The predicted octanol–water partition coefficient (Wildman–Crippen LogP) is 3.04. The molecule has 2 aromatic rings. The van der Waals surface area contributed by atoms with Crippen LogP contribution in [0.25, 0.3) is 0 Å². The fraction of sp³-hybridized carbons (Fsp3) is 0.350. The van der Waals surface area contributed by atoms with Crippen molar-refractivity contribution in [2.45, 2.75) is 26.7 Å². The molecule has 2 rings (SSSR count). The number of pyridine rings is 1. The number of aryl methyl sites for hydroxylation is 1. The average Bonchev–Trinajstić information content (AvgIpc) is 2.65. The summed E-state index contributed by atoms with van der Waals surface area (Å²) in [5.41, 5.74) is 0.118. The van der Waals surface area contributed by atoms with Gasteiger partial charge in [0.2, 0.25) is 0 Å². The van der Waals surface area contributed by atoms with Gasteiger partial charge < -0.3 is 14.8 Å². The molecular weight excluding hydrogens is 349 g/mol. The van der Waals surface area contributed by atoms with E-state index in [2.05, 4.69) is 5.32 Å². The highest BCUT2D eigenvalue weighted by molar-refractivity contribution is 6.05. The molecule has 0 atom stereocenters. The zero-order valence-electron chi connectivity index (χ0n) is 15.8. The molecule has 0 spiro atoms. The third-order valence-electron chi connectivity index (χ3n) is 4.06. The minimum absolute atomic E-state index is 0.00521. The van der Waals surface area contributed by atoms with Crippen LogP contribution in [0.15, 0.2) is 41.3 Å². The van der Waals surface area contributed by atoms with Gasteiger partial charge in [0.25, 0.3) is 17.4 Å². The van der Waals surface area contributed by atoms with Crippen LogP contribution in [-0.2, 0) is 7.05 Å². The first-order valence-corrected chi connectivity index (χ1v) is 8.94. The molecule has 1 aromatic carbocycles. The van der Waals surface area contributed by atoms with Crippen LogP contribution < -0.4 is 10.9 Å². The van der Waals surface area contributed by atoms with E-state index in [9.17, 15) is 18.8 Å². The first-order valence-electron chi connectivity index (χ1n) is 8.94. The maximum Gasteiger partial charge on any atom is 0.274 e. The van der Waals surface area contributed by atoms with E-state index in [0.29, 0.717) is 18.7 Å². The largest absolute Gasteiger partial charge is 0.339 e. The van der Waals surface area contributed by atoms with Crippen LogP contribution in [0.4, 0.5) is 10.1 Å². The van der Waals surface area contributed by atoms with Crippen LogP contribution in [0.1, 0.15) is 47.4 Å². The van der Waals surface area contributed by atoms with E-state index in [0.717, 1.165) is 12.8 Å². The lowest BCUT2D eigenvalue weighted by molar-refractivity contribution is 0.0754. The minimum Gasteiger partial charge on any atom is -0.339 e. The van der Waals surface area contributed by atoms with Gasteiger partial charge in [-0.2, -0.15) is 0 Å². The van der Waals surface area contributed by atoms with Gasteiger partial charge in [0.05, 0.1) is 5.56 Å². The van der Waals surface area contributed by atoms with Gasteiger partial charge in [0.15, 0.2) is 0 Å². The smallest absolute Gasteiger partial charge is 0.274 e. The Morgan fingerprint density at radius 1 is 1.07 bits per heavy atom. The minimum atomic E-state index is -0.546. The molecule has 1 N–H and O–H groups in total. The highest BCUT2D eigenvalue weighted by atomic mass is 19.1. The molecule has 27 heavy (non-hydrogen) atoms. The first-order chi connectivity index (χ1) is 12.9. The van der Waals surface area contributed by atoms with Crippen molar-refractivity contribution in [1.82, 2.24) is 9.47 Å². The summed E-state index contributed by atoms with van der Waals surface area (Å²) in [6.45, 7) is 5.22. The van der Waals surface area contributed by atoms with E-state index < -0.39 is 17.3 Å². The Kier molecular flexibility index (Phi) is 6.87. The zero-order chi connectivity index (χ0) is 20.0. The third kappa shape index (κ3) is 5.03. The predicted molar refractivity (Wildman–Crippen MR) is 103 cm³/mol. The molecule has 0 bridgehead atoms. The molecule has 1 heterocycles. The normalized spacial score (nSPS) is 10.5. The van der Waals surface area contributed by atoms with Gasteiger partial charge >= 0.3 is 0 Å². The van der Waals surface area contributed by atoms with Crippen LogP contribution in [0.5, 0.6) is 0 Å². The highest BCUT2D eigenvalue weighted by Crippen LogP contribution is 2.12. The molecule has 0 saturated heterocycles. The van der Waals surface area contributed by atoms with Crippen LogP contribution in [0.3, 0.4) is 0 Å². The van der Waals surface area contributed by atoms with Gasteiger partial charge in [0, 0.05) is 31.9 Å². The average molecular weight is 373 g/mol. The van der Waals surface area contributed by atoms with Crippen LogP contribution in [0.2, 0.25) is 0 Å². The topological polar surface area (TPSA) is 71.4 Å². The lowest BCUT2D eigenvalue weighted by Gasteiger charge is -2.22. The van der Waals surface area contributed by atoms with Crippen molar-refractivity contribution in [2.75, 3.05) is 18.4 Å². The summed E-state index contributed by atoms with van der Waals surface area (Å²) in [7, 11) is 1.52. The lowest BCUT2D eigenvalue weighted by atomic mass is 10.2. The van der Waals surface area contributed by atoms with E-state index >= 15 is 0 Å². The second kappa shape index (κ2) is 9.12. The molecule has 144 valence electrons. The van der Waals surface area contributed by atoms with Crippen molar-refractivity contribution in [2.24, 2.45) is 7.05 Å². The molecule has 6 nitrogen and oxygen atoms in total. The molecule has 0 unspecified atom stereocenters. The fourth-order valence-electron chi connectivity index (χ4n) is 2.75. The molecule has 0 radical (unpaired) electrons. The molecule has 2 amide bonds. The monoisotopic (exact) mass is 373 g/mol. The van der Waals surface area contributed by atoms with Crippen LogP contribution in [0, 0.1) is 5.82 Å². The maximum atomic E-state index is 13.0. The van der Waals surface area contributed by atoms with Crippen molar-refractivity contribution in [1.29, 1.82) is 0 Å². The van der Waals surface area contributed by atoms with Gasteiger partial charge in [0.1, 0.15) is 11.5 Å². The van der Waals surface area contributed by atoms with Crippen LogP contribution in [-0.4, -0.2) is 34.4 Å². The number of rotatable bonds is 7. The Labute approximate surface area is 157 Å². The molecule has 0 fully saturated rings. The number of anilines is 1. The summed E-state index contributed by atoms with van der Waals surface area (Å²) in [4.78, 5) is 39.2. The standard InChI is InChI=1S/C20H24FN3O3/c1-4-10-24(11-5-2)19(26)15-12-17(20(27)23(3)13-15)22-18(25)14-6-8-16(21)9-7-14/h6-9,12-13H,4-5,10-11H2,1-3H3,(H,22,25). The number of carbonyl (C=O) groups is 2. The summed E-state index contributed by atoms with van der Waals surface area (Å²) in [5, 5.41) is 2.52. The Morgan fingerprint density at radius 3 is 2.22 bits per heavy atom. The van der Waals surface area contributed by atoms with Crippen LogP contribution >= 0.6 is 0 Å². The Hall–Kier alpha value is -2.96. The molecule has 1 aromatic heterocycles. The third-order valence-corrected chi connectivity index (χ3v) is 4.06. The number of halogens is 1. The van der Waals surface area contributed by atoms with Crippen molar-refractivity contribution in [3.8, 4) is 0 Å². The second-order valence-electron chi connectivity index (χ2n) is 6.31. The molecular formula is C20H24FN3O3. The van der Waals surface area contributed by atoms with E-state index in [1.807, 2.05) is 13.8 Å². The molecule has 0 aliphatic heterocycles. The lowest BCUT2D eigenvalue weighted by Crippen LogP contribution is -2.34. The fourth-order valence-corrected chi connectivity index (χ4v) is 2.75. The number of amides is 2. The van der Waals surface area contributed by atoms with Gasteiger partial charge in [-0.3, -0.25) is 14.4 Å². The number of benzene rings is 1. The summed E-state index contributed by atoms with van der Waals surface area (Å²) >= 11 is 0. The maximum absolute atomic E-state index is 13.0. The first kappa shape index (κ1) is 20.4. The van der Waals surface area contributed by atoms with Gasteiger partial charge in [-0.25, -0.2) is 4.39 Å². The number of aromatic nitrogens is 1. The molecule has 0 saturated carbocycles. The van der Waals surface area contributed by atoms with Crippen molar-refractivity contribution in [3.63, 3.8) is 0 Å². The Balaban J connectivity index is 2.32.